The summed E-state index contributed by atoms with van der Waals surface area (Å²) in [7, 11) is 1.75. The number of hydrogen-bond acceptors (Lipinski definition) is 5. The zero-order chi connectivity index (χ0) is 15.9. The van der Waals surface area contributed by atoms with Crippen LogP contribution in [0.4, 0.5) is 5.95 Å². The highest BCUT2D eigenvalue weighted by Gasteiger charge is 2.17. The van der Waals surface area contributed by atoms with Crippen molar-refractivity contribution in [3.8, 4) is 0 Å². The van der Waals surface area contributed by atoms with E-state index in [1.807, 2.05) is 4.90 Å². The third-order valence-electron chi connectivity index (χ3n) is 3.33. The molecule has 1 N–H and O–H groups in total. The lowest BCUT2D eigenvalue weighted by atomic mass is 10.2. The molecule has 0 aliphatic heterocycles. The van der Waals surface area contributed by atoms with E-state index in [1.54, 1.807) is 30.8 Å². The fourth-order valence-electron chi connectivity index (χ4n) is 2.11. The smallest absolute Gasteiger partial charge is 0.257 e. The highest BCUT2D eigenvalue weighted by Crippen LogP contribution is 2.18. The SMILES string of the molecule is CCCCN(Cc1ccc(C)s1)C(=O)c1cnc(NC)nc1. The zero-order valence-electron chi connectivity index (χ0n) is 13.3. The quantitative estimate of drug-likeness (QED) is 0.850. The van der Waals surface area contributed by atoms with Crippen LogP contribution in [0.25, 0.3) is 0 Å². The molecule has 118 valence electrons. The minimum absolute atomic E-state index is 0.0119. The standard InChI is InChI=1S/C16H22N4OS/c1-4-5-8-20(11-14-7-6-12(2)22-14)15(21)13-9-18-16(17-3)19-10-13/h6-7,9-10H,4-5,8,11H2,1-3H3,(H,17,18,19). The second kappa shape index (κ2) is 7.89. The van der Waals surface area contributed by atoms with E-state index in [4.69, 9.17) is 0 Å². The van der Waals surface area contributed by atoms with Crippen LogP contribution in [0.5, 0.6) is 0 Å². The third kappa shape index (κ3) is 4.27. The van der Waals surface area contributed by atoms with E-state index in [-0.39, 0.29) is 5.91 Å². The number of nitrogens with one attached hydrogen (secondary N) is 1. The number of rotatable bonds is 7. The molecule has 0 bridgehead atoms. The fraction of sp³-hybridized carbons (Fsp3) is 0.438. The number of aromatic nitrogens is 2. The molecule has 1 amide bonds. The van der Waals surface area contributed by atoms with E-state index in [1.165, 1.54) is 9.75 Å². The number of hydrogen-bond donors (Lipinski definition) is 1. The number of carbonyl (C=O) groups excluding carboxylic acids is 1. The average Bonchev–Trinajstić information content (AvgIpc) is 2.96. The van der Waals surface area contributed by atoms with E-state index in [0.29, 0.717) is 18.1 Å². The van der Waals surface area contributed by atoms with Crippen LogP contribution < -0.4 is 5.32 Å². The Balaban J connectivity index is 2.13. The normalized spacial score (nSPS) is 10.5. The van der Waals surface area contributed by atoms with Gasteiger partial charge >= 0.3 is 0 Å². The fourth-order valence-corrected chi connectivity index (χ4v) is 3.02. The van der Waals surface area contributed by atoms with Gasteiger partial charge in [0.15, 0.2) is 0 Å². The summed E-state index contributed by atoms with van der Waals surface area (Å²) in [6.45, 7) is 5.60. The summed E-state index contributed by atoms with van der Waals surface area (Å²) >= 11 is 1.73. The minimum Gasteiger partial charge on any atom is -0.357 e. The minimum atomic E-state index is -0.0119. The Morgan fingerprint density at radius 1 is 1.32 bits per heavy atom. The van der Waals surface area contributed by atoms with Gasteiger partial charge in [-0.05, 0) is 25.5 Å². The topological polar surface area (TPSA) is 58.1 Å². The van der Waals surface area contributed by atoms with Crippen molar-refractivity contribution in [1.82, 2.24) is 14.9 Å². The van der Waals surface area contributed by atoms with Crippen LogP contribution in [0.15, 0.2) is 24.5 Å². The van der Waals surface area contributed by atoms with Gasteiger partial charge in [-0.25, -0.2) is 9.97 Å². The molecule has 22 heavy (non-hydrogen) atoms. The van der Waals surface area contributed by atoms with Gasteiger partial charge in [-0.3, -0.25) is 4.79 Å². The summed E-state index contributed by atoms with van der Waals surface area (Å²) in [5.74, 6) is 0.507. The summed E-state index contributed by atoms with van der Waals surface area (Å²) in [5.41, 5.74) is 0.531. The Morgan fingerprint density at radius 3 is 2.59 bits per heavy atom. The molecule has 0 saturated carbocycles. The van der Waals surface area contributed by atoms with E-state index in [2.05, 4.69) is 41.3 Å². The molecule has 2 rings (SSSR count). The lowest BCUT2D eigenvalue weighted by molar-refractivity contribution is 0.0741. The molecule has 0 fully saturated rings. The summed E-state index contributed by atoms with van der Waals surface area (Å²) in [5, 5.41) is 2.85. The number of thiophene rings is 1. The molecule has 2 aromatic rings. The third-order valence-corrected chi connectivity index (χ3v) is 4.32. The molecule has 0 aliphatic rings. The van der Waals surface area contributed by atoms with Gasteiger partial charge in [-0.1, -0.05) is 13.3 Å². The van der Waals surface area contributed by atoms with Crippen LogP contribution in [0.1, 0.15) is 39.9 Å². The predicted octanol–water partition coefficient (Wildman–Crippen LogP) is 3.33. The van der Waals surface area contributed by atoms with Crippen LogP contribution in [-0.4, -0.2) is 34.4 Å². The van der Waals surface area contributed by atoms with Crippen molar-refractivity contribution in [1.29, 1.82) is 0 Å². The van der Waals surface area contributed by atoms with E-state index >= 15 is 0 Å². The molecule has 6 heteroatoms. The Bertz CT molecular complexity index is 609. The molecule has 0 aliphatic carbocycles. The van der Waals surface area contributed by atoms with Crippen LogP contribution in [0, 0.1) is 6.92 Å². The van der Waals surface area contributed by atoms with Gasteiger partial charge in [0.1, 0.15) is 0 Å². The van der Waals surface area contributed by atoms with E-state index in [9.17, 15) is 4.79 Å². The molecule has 0 radical (unpaired) electrons. The molecular weight excluding hydrogens is 296 g/mol. The second-order valence-corrected chi connectivity index (χ2v) is 6.51. The predicted molar refractivity (Wildman–Crippen MR) is 90.3 cm³/mol. The second-order valence-electron chi connectivity index (χ2n) is 5.14. The molecule has 2 heterocycles. The number of aryl methyl sites for hydroxylation is 1. The van der Waals surface area contributed by atoms with Crippen LogP contribution in [-0.2, 0) is 6.54 Å². The molecule has 2 aromatic heterocycles. The highest BCUT2D eigenvalue weighted by molar-refractivity contribution is 7.11. The van der Waals surface area contributed by atoms with Gasteiger partial charge in [0, 0.05) is 35.7 Å². The molecule has 0 saturated heterocycles. The molecule has 0 spiro atoms. The lowest BCUT2D eigenvalue weighted by Crippen LogP contribution is -2.31. The van der Waals surface area contributed by atoms with Crippen molar-refractivity contribution in [2.24, 2.45) is 0 Å². The number of anilines is 1. The first-order valence-corrected chi connectivity index (χ1v) is 8.30. The van der Waals surface area contributed by atoms with Gasteiger partial charge in [0.25, 0.3) is 5.91 Å². The van der Waals surface area contributed by atoms with Crippen molar-refractivity contribution < 1.29 is 4.79 Å². The Labute approximate surface area is 135 Å². The summed E-state index contributed by atoms with van der Waals surface area (Å²) in [6, 6.07) is 4.18. The first kappa shape index (κ1) is 16.4. The first-order valence-electron chi connectivity index (χ1n) is 7.48. The molecule has 5 nitrogen and oxygen atoms in total. The van der Waals surface area contributed by atoms with Crippen molar-refractivity contribution in [3.05, 3.63) is 39.8 Å². The Hall–Kier alpha value is -1.95. The Morgan fingerprint density at radius 2 is 2.05 bits per heavy atom. The monoisotopic (exact) mass is 318 g/mol. The van der Waals surface area contributed by atoms with Crippen LogP contribution in [0.2, 0.25) is 0 Å². The van der Waals surface area contributed by atoms with Gasteiger partial charge in [0.2, 0.25) is 5.95 Å². The highest BCUT2D eigenvalue weighted by atomic mass is 32.1. The maximum atomic E-state index is 12.7. The number of carbonyl (C=O) groups is 1. The molecular formula is C16H22N4OS. The van der Waals surface area contributed by atoms with Gasteiger partial charge in [0.05, 0.1) is 12.1 Å². The molecule has 0 aromatic carbocycles. The summed E-state index contributed by atoms with van der Waals surface area (Å²) in [6.07, 6.45) is 5.22. The largest absolute Gasteiger partial charge is 0.357 e. The van der Waals surface area contributed by atoms with Crippen molar-refractivity contribution in [2.45, 2.75) is 33.2 Å². The molecule has 0 unspecified atom stereocenters. The van der Waals surface area contributed by atoms with Crippen LogP contribution in [0.3, 0.4) is 0 Å². The lowest BCUT2D eigenvalue weighted by Gasteiger charge is -2.21. The number of unbranched alkanes of at least 4 members (excludes halogenated alkanes) is 1. The van der Waals surface area contributed by atoms with Gasteiger partial charge < -0.3 is 10.2 Å². The van der Waals surface area contributed by atoms with Gasteiger partial charge in [-0.15, -0.1) is 11.3 Å². The molecule has 0 atom stereocenters. The van der Waals surface area contributed by atoms with E-state index < -0.39 is 0 Å². The van der Waals surface area contributed by atoms with Crippen molar-refractivity contribution in [2.75, 3.05) is 18.9 Å². The van der Waals surface area contributed by atoms with Crippen LogP contribution >= 0.6 is 11.3 Å². The number of amides is 1. The Kier molecular flexibility index (Phi) is 5.89. The van der Waals surface area contributed by atoms with Crippen molar-refractivity contribution >= 4 is 23.2 Å². The maximum absolute atomic E-state index is 12.7. The summed E-state index contributed by atoms with van der Waals surface area (Å²) in [4.78, 5) is 25.3. The number of nitrogens with zero attached hydrogens (tertiary/aromatic N) is 3. The first-order chi connectivity index (χ1) is 10.6. The maximum Gasteiger partial charge on any atom is 0.257 e. The van der Waals surface area contributed by atoms with Crippen molar-refractivity contribution in [3.63, 3.8) is 0 Å². The van der Waals surface area contributed by atoms with E-state index in [0.717, 1.165) is 19.4 Å². The zero-order valence-corrected chi connectivity index (χ0v) is 14.1. The summed E-state index contributed by atoms with van der Waals surface area (Å²) < 4.78 is 0. The van der Waals surface area contributed by atoms with Gasteiger partial charge in [-0.2, -0.15) is 0 Å². The average molecular weight is 318 g/mol.